The number of piperazine rings is 1. The highest BCUT2D eigenvalue weighted by Gasteiger charge is 2.16. The number of hydrogen-bond donors (Lipinski definition) is 1. The van der Waals surface area contributed by atoms with Crippen molar-refractivity contribution in [2.24, 2.45) is 0 Å². The van der Waals surface area contributed by atoms with Crippen LogP contribution in [0.3, 0.4) is 0 Å². The molecule has 3 nitrogen and oxygen atoms in total. The molecule has 1 aromatic carbocycles. The summed E-state index contributed by atoms with van der Waals surface area (Å²) in [5.74, 6) is 0. The number of hydrogen-bond acceptors (Lipinski definition) is 3. The number of rotatable bonds is 5. The predicted octanol–water partition coefficient (Wildman–Crippen LogP) is 2.58. The summed E-state index contributed by atoms with van der Waals surface area (Å²) in [7, 11) is 0. The van der Waals surface area contributed by atoms with Crippen molar-refractivity contribution in [1.82, 2.24) is 4.90 Å². The lowest BCUT2D eigenvalue weighted by Gasteiger charge is -2.36. The molecule has 1 aliphatic heterocycles. The monoisotopic (exact) mass is 247 g/mol. The average molecular weight is 247 g/mol. The van der Waals surface area contributed by atoms with Gasteiger partial charge in [0.1, 0.15) is 0 Å². The molecule has 0 amide bonds. The third-order valence-corrected chi connectivity index (χ3v) is 3.71. The molecule has 0 aliphatic carbocycles. The summed E-state index contributed by atoms with van der Waals surface area (Å²) in [6.07, 6.45) is 4.02. The van der Waals surface area contributed by atoms with Crippen LogP contribution in [0.2, 0.25) is 0 Å². The Hall–Kier alpha value is -1.22. The van der Waals surface area contributed by atoms with Gasteiger partial charge in [-0.1, -0.05) is 19.8 Å². The maximum atomic E-state index is 5.72. The van der Waals surface area contributed by atoms with Crippen molar-refractivity contribution >= 4 is 11.4 Å². The molecule has 2 rings (SSSR count). The van der Waals surface area contributed by atoms with E-state index < -0.39 is 0 Å². The summed E-state index contributed by atoms with van der Waals surface area (Å²) in [6, 6.07) is 8.23. The summed E-state index contributed by atoms with van der Waals surface area (Å²) >= 11 is 0. The van der Waals surface area contributed by atoms with Gasteiger partial charge in [-0.2, -0.15) is 0 Å². The molecule has 2 N–H and O–H groups in total. The number of nitrogens with zero attached hydrogens (tertiary/aromatic N) is 2. The molecular formula is C15H25N3. The Morgan fingerprint density at radius 3 is 2.28 bits per heavy atom. The normalized spacial score (nSPS) is 17.1. The Bertz CT molecular complexity index is 339. The van der Waals surface area contributed by atoms with Crippen molar-refractivity contribution in [3.63, 3.8) is 0 Å². The topological polar surface area (TPSA) is 32.5 Å². The lowest BCUT2D eigenvalue weighted by Crippen LogP contribution is -2.46. The quantitative estimate of drug-likeness (QED) is 0.641. The molecule has 0 atom stereocenters. The molecule has 3 heteroatoms. The minimum atomic E-state index is 0.844. The van der Waals surface area contributed by atoms with E-state index in [1.807, 2.05) is 12.1 Å². The Kier molecular flexibility index (Phi) is 4.88. The van der Waals surface area contributed by atoms with E-state index in [9.17, 15) is 0 Å². The van der Waals surface area contributed by atoms with E-state index >= 15 is 0 Å². The summed E-state index contributed by atoms with van der Waals surface area (Å²) in [4.78, 5) is 5.04. The van der Waals surface area contributed by atoms with E-state index in [0.29, 0.717) is 0 Å². The van der Waals surface area contributed by atoms with Gasteiger partial charge in [0, 0.05) is 37.6 Å². The summed E-state index contributed by atoms with van der Waals surface area (Å²) in [6.45, 7) is 8.18. The number of anilines is 2. The van der Waals surface area contributed by atoms with Crippen molar-refractivity contribution in [3.05, 3.63) is 24.3 Å². The molecule has 1 saturated heterocycles. The molecule has 0 radical (unpaired) electrons. The van der Waals surface area contributed by atoms with Crippen LogP contribution in [-0.2, 0) is 0 Å². The molecule has 0 aromatic heterocycles. The highest BCUT2D eigenvalue weighted by molar-refractivity contribution is 5.53. The van der Waals surface area contributed by atoms with Crippen LogP contribution in [0.1, 0.15) is 26.2 Å². The number of benzene rings is 1. The van der Waals surface area contributed by atoms with Crippen LogP contribution in [0, 0.1) is 0 Å². The standard InChI is InChI=1S/C15H25N3/c1-2-3-4-9-17-10-12-18(13-11-17)15-7-5-14(16)6-8-15/h5-8H,2-4,9-13,16H2,1H3. The summed E-state index contributed by atoms with van der Waals surface area (Å²) < 4.78 is 0. The molecule has 18 heavy (non-hydrogen) atoms. The second-order valence-corrected chi connectivity index (χ2v) is 5.13. The zero-order chi connectivity index (χ0) is 12.8. The van der Waals surface area contributed by atoms with Gasteiger partial charge in [0.15, 0.2) is 0 Å². The van der Waals surface area contributed by atoms with E-state index in [1.54, 1.807) is 0 Å². The lowest BCUT2D eigenvalue weighted by atomic mass is 10.2. The minimum absolute atomic E-state index is 0.844. The van der Waals surface area contributed by atoms with E-state index in [2.05, 4.69) is 28.9 Å². The molecule has 0 spiro atoms. The first-order valence-corrected chi connectivity index (χ1v) is 7.12. The lowest BCUT2D eigenvalue weighted by molar-refractivity contribution is 0.252. The van der Waals surface area contributed by atoms with Crippen molar-refractivity contribution in [1.29, 1.82) is 0 Å². The Morgan fingerprint density at radius 2 is 1.67 bits per heavy atom. The van der Waals surface area contributed by atoms with Crippen LogP contribution in [0.25, 0.3) is 0 Å². The minimum Gasteiger partial charge on any atom is -0.399 e. The van der Waals surface area contributed by atoms with Crippen LogP contribution in [-0.4, -0.2) is 37.6 Å². The van der Waals surface area contributed by atoms with Crippen LogP contribution in [0.4, 0.5) is 11.4 Å². The van der Waals surface area contributed by atoms with Gasteiger partial charge in [0.25, 0.3) is 0 Å². The van der Waals surface area contributed by atoms with Crippen LogP contribution in [0.5, 0.6) is 0 Å². The van der Waals surface area contributed by atoms with Crippen LogP contribution in [0.15, 0.2) is 24.3 Å². The van der Waals surface area contributed by atoms with Gasteiger partial charge in [0.05, 0.1) is 0 Å². The molecule has 100 valence electrons. The van der Waals surface area contributed by atoms with Gasteiger partial charge in [0.2, 0.25) is 0 Å². The Labute approximate surface area is 111 Å². The fourth-order valence-corrected chi connectivity index (χ4v) is 2.50. The van der Waals surface area contributed by atoms with E-state index in [0.717, 1.165) is 18.8 Å². The molecule has 1 aliphatic rings. The average Bonchev–Trinajstić information content (AvgIpc) is 2.41. The molecule has 0 unspecified atom stereocenters. The first kappa shape index (κ1) is 13.2. The molecule has 1 aromatic rings. The third-order valence-electron chi connectivity index (χ3n) is 3.71. The fraction of sp³-hybridized carbons (Fsp3) is 0.600. The van der Waals surface area contributed by atoms with Gasteiger partial charge in [-0.25, -0.2) is 0 Å². The third kappa shape index (κ3) is 3.64. The smallest absolute Gasteiger partial charge is 0.0368 e. The second kappa shape index (κ2) is 6.64. The highest BCUT2D eigenvalue weighted by atomic mass is 15.3. The van der Waals surface area contributed by atoms with Gasteiger partial charge < -0.3 is 10.6 Å². The summed E-state index contributed by atoms with van der Waals surface area (Å²) in [5, 5.41) is 0. The molecular weight excluding hydrogens is 222 g/mol. The van der Waals surface area contributed by atoms with Crippen molar-refractivity contribution < 1.29 is 0 Å². The maximum absolute atomic E-state index is 5.72. The first-order valence-electron chi connectivity index (χ1n) is 7.12. The SMILES string of the molecule is CCCCCN1CCN(c2ccc(N)cc2)CC1. The van der Waals surface area contributed by atoms with Crippen molar-refractivity contribution in [3.8, 4) is 0 Å². The largest absolute Gasteiger partial charge is 0.399 e. The second-order valence-electron chi connectivity index (χ2n) is 5.13. The molecule has 1 heterocycles. The molecule has 1 fully saturated rings. The van der Waals surface area contributed by atoms with Crippen LogP contribution >= 0.6 is 0 Å². The van der Waals surface area contributed by atoms with E-state index in [-0.39, 0.29) is 0 Å². The number of nitrogen functional groups attached to an aromatic ring is 1. The van der Waals surface area contributed by atoms with Gasteiger partial charge >= 0.3 is 0 Å². The zero-order valence-corrected chi connectivity index (χ0v) is 11.4. The highest BCUT2D eigenvalue weighted by Crippen LogP contribution is 2.18. The predicted molar refractivity (Wildman–Crippen MR) is 79.0 cm³/mol. The fourth-order valence-electron chi connectivity index (χ4n) is 2.50. The zero-order valence-electron chi connectivity index (χ0n) is 11.4. The van der Waals surface area contributed by atoms with Gasteiger partial charge in [-0.3, -0.25) is 4.90 Å². The Balaban J connectivity index is 1.77. The van der Waals surface area contributed by atoms with Crippen molar-refractivity contribution in [2.75, 3.05) is 43.4 Å². The van der Waals surface area contributed by atoms with Gasteiger partial charge in [-0.05, 0) is 37.2 Å². The van der Waals surface area contributed by atoms with E-state index in [4.69, 9.17) is 5.73 Å². The molecule has 0 saturated carbocycles. The van der Waals surface area contributed by atoms with Gasteiger partial charge in [-0.15, -0.1) is 0 Å². The summed E-state index contributed by atoms with van der Waals surface area (Å²) in [5.41, 5.74) is 7.87. The first-order chi connectivity index (χ1) is 8.79. The van der Waals surface area contributed by atoms with Crippen molar-refractivity contribution in [2.45, 2.75) is 26.2 Å². The van der Waals surface area contributed by atoms with E-state index in [1.165, 1.54) is 44.6 Å². The van der Waals surface area contributed by atoms with Crippen LogP contribution < -0.4 is 10.6 Å². The number of nitrogens with two attached hydrogens (primary N) is 1. The molecule has 0 bridgehead atoms. The number of unbranched alkanes of at least 4 members (excludes halogenated alkanes) is 2. The Morgan fingerprint density at radius 1 is 1.00 bits per heavy atom. The maximum Gasteiger partial charge on any atom is 0.0368 e.